The van der Waals surface area contributed by atoms with E-state index in [-0.39, 0.29) is 6.10 Å². The van der Waals surface area contributed by atoms with Crippen molar-refractivity contribution in [3.05, 3.63) is 65.2 Å². The quantitative estimate of drug-likeness (QED) is 0.782. The zero-order valence-electron chi connectivity index (χ0n) is 11.0. The summed E-state index contributed by atoms with van der Waals surface area (Å²) >= 11 is 6.06. The summed E-state index contributed by atoms with van der Waals surface area (Å²) in [6.45, 7) is 3.44. The first-order chi connectivity index (χ1) is 9.27. The first kappa shape index (κ1) is 13.9. The Balaban J connectivity index is 1.74. The van der Waals surface area contributed by atoms with E-state index in [1.165, 1.54) is 5.56 Å². The van der Waals surface area contributed by atoms with E-state index in [0.717, 1.165) is 17.3 Å². The number of rotatable bonds is 6. The van der Waals surface area contributed by atoms with Crippen LogP contribution in [0.2, 0.25) is 5.02 Å². The van der Waals surface area contributed by atoms with Crippen LogP contribution in [0.25, 0.3) is 0 Å². The Kier molecular flexibility index (Phi) is 5.25. The summed E-state index contributed by atoms with van der Waals surface area (Å²) in [7, 11) is 0. The van der Waals surface area contributed by atoms with Crippen molar-refractivity contribution in [2.45, 2.75) is 13.0 Å². The standard InChI is InChI=1S/C16H18ClNO/c1-13(14-7-3-2-4-8-14)19-12-11-18-16-10-6-5-9-15(16)17/h2-10,13,18H,11-12H2,1H3. The van der Waals surface area contributed by atoms with Crippen LogP contribution in [-0.2, 0) is 4.74 Å². The monoisotopic (exact) mass is 275 g/mol. The Morgan fingerprint density at radius 1 is 1.05 bits per heavy atom. The number of benzene rings is 2. The number of halogens is 1. The van der Waals surface area contributed by atoms with Gasteiger partial charge in [0.1, 0.15) is 0 Å². The van der Waals surface area contributed by atoms with E-state index in [1.807, 2.05) is 42.5 Å². The molecule has 0 saturated heterocycles. The SMILES string of the molecule is CC(OCCNc1ccccc1Cl)c1ccccc1. The minimum absolute atomic E-state index is 0.106. The van der Waals surface area contributed by atoms with Gasteiger partial charge in [-0.1, -0.05) is 54.1 Å². The van der Waals surface area contributed by atoms with Crippen LogP contribution in [0.5, 0.6) is 0 Å². The number of anilines is 1. The van der Waals surface area contributed by atoms with Crippen molar-refractivity contribution in [1.82, 2.24) is 0 Å². The summed E-state index contributed by atoms with van der Waals surface area (Å²) in [4.78, 5) is 0. The van der Waals surface area contributed by atoms with Crippen LogP contribution < -0.4 is 5.32 Å². The fourth-order valence-electron chi connectivity index (χ4n) is 1.85. The van der Waals surface area contributed by atoms with Gasteiger partial charge in [0.2, 0.25) is 0 Å². The van der Waals surface area contributed by atoms with Crippen molar-refractivity contribution in [2.75, 3.05) is 18.5 Å². The maximum absolute atomic E-state index is 6.06. The van der Waals surface area contributed by atoms with E-state index < -0.39 is 0 Å². The average Bonchev–Trinajstić information content (AvgIpc) is 2.46. The predicted octanol–water partition coefficient (Wildman–Crippen LogP) is 4.53. The molecule has 0 fully saturated rings. The molecule has 1 unspecified atom stereocenters. The second kappa shape index (κ2) is 7.17. The molecule has 0 aliphatic rings. The smallest absolute Gasteiger partial charge is 0.0797 e. The maximum Gasteiger partial charge on any atom is 0.0797 e. The van der Waals surface area contributed by atoms with Crippen LogP contribution in [0.15, 0.2) is 54.6 Å². The van der Waals surface area contributed by atoms with Crippen molar-refractivity contribution in [2.24, 2.45) is 0 Å². The fourth-order valence-corrected chi connectivity index (χ4v) is 2.05. The second-order valence-corrected chi connectivity index (χ2v) is 4.74. The third-order valence-electron chi connectivity index (χ3n) is 2.93. The normalized spacial score (nSPS) is 12.1. The molecule has 0 aliphatic carbocycles. The molecule has 2 aromatic rings. The lowest BCUT2D eigenvalue weighted by Gasteiger charge is -2.14. The van der Waals surface area contributed by atoms with E-state index in [1.54, 1.807) is 0 Å². The molecule has 2 rings (SSSR count). The lowest BCUT2D eigenvalue weighted by Crippen LogP contribution is -2.11. The van der Waals surface area contributed by atoms with E-state index in [9.17, 15) is 0 Å². The highest BCUT2D eigenvalue weighted by Gasteiger charge is 2.04. The van der Waals surface area contributed by atoms with Crippen molar-refractivity contribution in [3.8, 4) is 0 Å². The van der Waals surface area contributed by atoms with Gasteiger partial charge in [-0.3, -0.25) is 0 Å². The third kappa shape index (κ3) is 4.27. The molecule has 2 nitrogen and oxygen atoms in total. The first-order valence-corrected chi connectivity index (χ1v) is 6.80. The molecule has 1 N–H and O–H groups in total. The summed E-state index contributed by atoms with van der Waals surface area (Å²) < 4.78 is 5.78. The summed E-state index contributed by atoms with van der Waals surface area (Å²) in [6, 6.07) is 17.9. The van der Waals surface area contributed by atoms with Gasteiger partial charge in [0.25, 0.3) is 0 Å². The number of nitrogens with one attached hydrogen (secondary N) is 1. The molecule has 3 heteroatoms. The highest BCUT2D eigenvalue weighted by atomic mass is 35.5. The number of hydrogen-bond donors (Lipinski definition) is 1. The van der Waals surface area contributed by atoms with Crippen LogP contribution in [0.3, 0.4) is 0 Å². The summed E-state index contributed by atoms with van der Waals surface area (Å²) in [6.07, 6.45) is 0.106. The summed E-state index contributed by atoms with van der Waals surface area (Å²) in [5, 5.41) is 4.00. The fraction of sp³-hybridized carbons (Fsp3) is 0.250. The summed E-state index contributed by atoms with van der Waals surface area (Å²) in [5.41, 5.74) is 2.14. The Bertz CT molecular complexity index is 501. The topological polar surface area (TPSA) is 21.3 Å². The Labute approximate surface area is 119 Å². The maximum atomic E-state index is 6.06. The Morgan fingerprint density at radius 2 is 1.74 bits per heavy atom. The molecule has 1 atom stereocenters. The molecule has 0 amide bonds. The molecule has 0 spiro atoms. The minimum atomic E-state index is 0.106. The van der Waals surface area contributed by atoms with E-state index in [4.69, 9.17) is 16.3 Å². The van der Waals surface area contributed by atoms with Crippen molar-refractivity contribution in [3.63, 3.8) is 0 Å². The molecule has 0 aromatic heterocycles. The summed E-state index contributed by atoms with van der Waals surface area (Å²) in [5.74, 6) is 0. The van der Waals surface area contributed by atoms with E-state index in [0.29, 0.717) is 6.61 Å². The van der Waals surface area contributed by atoms with Crippen LogP contribution in [0.1, 0.15) is 18.6 Å². The number of ether oxygens (including phenoxy) is 1. The zero-order valence-corrected chi connectivity index (χ0v) is 11.7. The molecular formula is C16H18ClNO. The van der Waals surface area contributed by atoms with E-state index in [2.05, 4.69) is 24.4 Å². The molecule has 19 heavy (non-hydrogen) atoms. The Hall–Kier alpha value is -1.51. The molecule has 2 aromatic carbocycles. The van der Waals surface area contributed by atoms with Crippen molar-refractivity contribution in [1.29, 1.82) is 0 Å². The largest absolute Gasteiger partial charge is 0.382 e. The minimum Gasteiger partial charge on any atom is -0.382 e. The lowest BCUT2D eigenvalue weighted by molar-refractivity contribution is 0.0736. The molecule has 0 heterocycles. The van der Waals surface area contributed by atoms with Crippen LogP contribution in [0.4, 0.5) is 5.69 Å². The van der Waals surface area contributed by atoms with Crippen molar-refractivity contribution >= 4 is 17.3 Å². The molecular weight excluding hydrogens is 258 g/mol. The van der Waals surface area contributed by atoms with Crippen molar-refractivity contribution < 1.29 is 4.74 Å². The van der Waals surface area contributed by atoms with Gasteiger partial charge in [0.15, 0.2) is 0 Å². The highest BCUT2D eigenvalue weighted by molar-refractivity contribution is 6.33. The van der Waals surface area contributed by atoms with Gasteiger partial charge < -0.3 is 10.1 Å². The van der Waals surface area contributed by atoms with E-state index >= 15 is 0 Å². The van der Waals surface area contributed by atoms with Gasteiger partial charge >= 0.3 is 0 Å². The zero-order chi connectivity index (χ0) is 13.5. The predicted molar refractivity (Wildman–Crippen MR) is 80.8 cm³/mol. The molecule has 0 radical (unpaired) electrons. The van der Waals surface area contributed by atoms with Crippen LogP contribution >= 0.6 is 11.6 Å². The van der Waals surface area contributed by atoms with Gasteiger partial charge in [-0.05, 0) is 24.6 Å². The number of para-hydroxylation sites is 1. The molecule has 0 bridgehead atoms. The third-order valence-corrected chi connectivity index (χ3v) is 3.26. The molecule has 100 valence electrons. The van der Waals surface area contributed by atoms with Gasteiger partial charge in [-0.2, -0.15) is 0 Å². The average molecular weight is 276 g/mol. The van der Waals surface area contributed by atoms with Gasteiger partial charge in [0.05, 0.1) is 23.4 Å². The van der Waals surface area contributed by atoms with Gasteiger partial charge in [-0.15, -0.1) is 0 Å². The van der Waals surface area contributed by atoms with Gasteiger partial charge in [-0.25, -0.2) is 0 Å². The number of hydrogen-bond acceptors (Lipinski definition) is 2. The molecule has 0 aliphatic heterocycles. The van der Waals surface area contributed by atoms with Crippen LogP contribution in [0, 0.1) is 0 Å². The van der Waals surface area contributed by atoms with Crippen LogP contribution in [-0.4, -0.2) is 13.2 Å². The lowest BCUT2D eigenvalue weighted by atomic mass is 10.1. The highest BCUT2D eigenvalue weighted by Crippen LogP contribution is 2.20. The van der Waals surface area contributed by atoms with Gasteiger partial charge in [0, 0.05) is 6.54 Å². The Morgan fingerprint density at radius 3 is 2.47 bits per heavy atom. The first-order valence-electron chi connectivity index (χ1n) is 6.42. The second-order valence-electron chi connectivity index (χ2n) is 4.33. The molecule has 0 saturated carbocycles.